The van der Waals surface area contributed by atoms with Gasteiger partial charge in [0.05, 0.1) is 17.6 Å². The summed E-state index contributed by atoms with van der Waals surface area (Å²) in [6.45, 7) is 6.08. The smallest absolute Gasteiger partial charge is 0.360 e. The minimum absolute atomic E-state index is 0.181. The van der Waals surface area contributed by atoms with Gasteiger partial charge < -0.3 is 10.1 Å². The second-order valence-corrected chi connectivity index (χ2v) is 6.61. The predicted molar refractivity (Wildman–Crippen MR) is 102 cm³/mol. The number of carbonyl (C=O) groups is 1. The first-order valence-electron chi connectivity index (χ1n) is 7.96. The number of fused-ring (bicyclic) bond motifs is 1. The molecule has 0 amide bonds. The molecule has 3 rings (SSSR count). The van der Waals surface area contributed by atoms with Gasteiger partial charge in [-0.2, -0.15) is 0 Å². The molecule has 5 nitrogen and oxygen atoms in total. The van der Waals surface area contributed by atoms with Gasteiger partial charge in [-0.15, -0.1) is 0 Å². The molecule has 25 heavy (non-hydrogen) atoms. The SMILES string of the molecule is CCOC(=O)c1nc2cc(C)c(C)cc2nc1Nc1ccc(Br)cc1. The number of carbonyl (C=O) groups excluding carboxylic acids is 1. The van der Waals surface area contributed by atoms with Crippen molar-refractivity contribution >= 4 is 44.4 Å². The summed E-state index contributed by atoms with van der Waals surface area (Å²) in [5, 5.41) is 3.17. The normalized spacial score (nSPS) is 10.7. The molecule has 0 aliphatic carbocycles. The van der Waals surface area contributed by atoms with Crippen LogP contribution in [0.3, 0.4) is 0 Å². The predicted octanol–water partition coefficient (Wildman–Crippen LogP) is 4.93. The van der Waals surface area contributed by atoms with Crippen LogP contribution in [0, 0.1) is 13.8 Å². The van der Waals surface area contributed by atoms with Crippen molar-refractivity contribution in [3.63, 3.8) is 0 Å². The Morgan fingerprint density at radius 1 is 1.08 bits per heavy atom. The van der Waals surface area contributed by atoms with Crippen molar-refractivity contribution in [1.29, 1.82) is 0 Å². The summed E-state index contributed by atoms with van der Waals surface area (Å²) in [6.07, 6.45) is 0. The van der Waals surface area contributed by atoms with Crippen LogP contribution in [0.4, 0.5) is 11.5 Å². The first-order chi connectivity index (χ1) is 12.0. The van der Waals surface area contributed by atoms with Gasteiger partial charge in [0.2, 0.25) is 0 Å². The Bertz CT molecular complexity index is 940. The third-order valence-corrected chi connectivity index (χ3v) is 4.38. The van der Waals surface area contributed by atoms with E-state index in [1.807, 2.05) is 50.2 Å². The van der Waals surface area contributed by atoms with Crippen LogP contribution in [0.25, 0.3) is 11.0 Å². The van der Waals surface area contributed by atoms with Crippen LogP contribution >= 0.6 is 15.9 Å². The molecule has 2 aromatic carbocycles. The lowest BCUT2D eigenvalue weighted by Gasteiger charge is -2.12. The molecule has 0 radical (unpaired) electrons. The number of nitrogens with zero attached hydrogens (tertiary/aromatic N) is 2. The van der Waals surface area contributed by atoms with Gasteiger partial charge in [-0.1, -0.05) is 15.9 Å². The van der Waals surface area contributed by atoms with Crippen molar-refractivity contribution in [3.05, 3.63) is 57.7 Å². The number of hydrogen-bond acceptors (Lipinski definition) is 5. The van der Waals surface area contributed by atoms with Crippen LogP contribution in [-0.4, -0.2) is 22.5 Å². The molecule has 1 N–H and O–H groups in total. The summed E-state index contributed by atoms with van der Waals surface area (Å²) in [7, 11) is 0. The zero-order valence-electron chi connectivity index (χ0n) is 14.3. The van der Waals surface area contributed by atoms with E-state index in [1.165, 1.54) is 0 Å². The Balaban J connectivity index is 2.12. The van der Waals surface area contributed by atoms with E-state index in [0.29, 0.717) is 11.3 Å². The molecular weight excluding hydrogens is 382 g/mol. The fourth-order valence-electron chi connectivity index (χ4n) is 2.41. The van der Waals surface area contributed by atoms with E-state index >= 15 is 0 Å². The maximum atomic E-state index is 12.3. The van der Waals surface area contributed by atoms with Gasteiger partial charge in [0.15, 0.2) is 11.5 Å². The number of rotatable bonds is 4. The Labute approximate surface area is 154 Å². The van der Waals surface area contributed by atoms with E-state index < -0.39 is 5.97 Å². The van der Waals surface area contributed by atoms with Crippen LogP contribution in [0.15, 0.2) is 40.9 Å². The summed E-state index contributed by atoms with van der Waals surface area (Å²) in [6, 6.07) is 11.5. The Morgan fingerprint density at radius 2 is 1.68 bits per heavy atom. The molecule has 0 aliphatic heterocycles. The van der Waals surface area contributed by atoms with Crippen LogP contribution in [0.2, 0.25) is 0 Å². The van der Waals surface area contributed by atoms with Gasteiger partial charge in [0.25, 0.3) is 0 Å². The monoisotopic (exact) mass is 399 g/mol. The van der Waals surface area contributed by atoms with E-state index in [4.69, 9.17) is 4.74 Å². The number of aromatic nitrogens is 2. The largest absolute Gasteiger partial charge is 0.461 e. The quantitative estimate of drug-likeness (QED) is 0.630. The molecule has 0 atom stereocenters. The van der Waals surface area contributed by atoms with Crippen molar-refractivity contribution < 1.29 is 9.53 Å². The molecule has 1 heterocycles. The van der Waals surface area contributed by atoms with Crippen LogP contribution in [0.5, 0.6) is 0 Å². The van der Waals surface area contributed by atoms with E-state index in [2.05, 4.69) is 31.2 Å². The molecule has 3 aromatic rings. The molecule has 1 aromatic heterocycles. The highest BCUT2D eigenvalue weighted by molar-refractivity contribution is 9.10. The number of ether oxygens (including phenoxy) is 1. The van der Waals surface area contributed by atoms with Gasteiger partial charge in [0.1, 0.15) is 0 Å². The lowest BCUT2D eigenvalue weighted by Crippen LogP contribution is -2.12. The van der Waals surface area contributed by atoms with Gasteiger partial charge in [-0.25, -0.2) is 14.8 Å². The topological polar surface area (TPSA) is 64.1 Å². The van der Waals surface area contributed by atoms with E-state index in [-0.39, 0.29) is 12.3 Å². The highest BCUT2D eigenvalue weighted by atomic mass is 79.9. The lowest BCUT2D eigenvalue weighted by molar-refractivity contribution is 0.0521. The summed E-state index contributed by atoms with van der Waals surface area (Å²) in [5.41, 5.74) is 4.63. The maximum Gasteiger partial charge on any atom is 0.360 e. The van der Waals surface area contributed by atoms with E-state index in [0.717, 1.165) is 26.8 Å². The average Bonchev–Trinajstić information content (AvgIpc) is 2.58. The fourth-order valence-corrected chi connectivity index (χ4v) is 2.67. The molecule has 6 heteroatoms. The standard InChI is InChI=1S/C19H18BrN3O2/c1-4-25-19(24)17-18(21-14-7-5-13(20)6-8-14)23-16-10-12(3)11(2)9-15(16)22-17/h5-10H,4H2,1-3H3,(H,21,23). The minimum Gasteiger partial charge on any atom is -0.461 e. The molecule has 128 valence electrons. The molecule has 0 saturated heterocycles. The molecule has 0 spiro atoms. The van der Waals surface area contributed by atoms with Crippen molar-refractivity contribution in [2.24, 2.45) is 0 Å². The molecular formula is C19H18BrN3O2. The van der Waals surface area contributed by atoms with Crippen molar-refractivity contribution in [3.8, 4) is 0 Å². The van der Waals surface area contributed by atoms with Crippen molar-refractivity contribution in [1.82, 2.24) is 9.97 Å². The first-order valence-corrected chi connectivity index (χ1v) is 8.76. The highest BCUT2D eigenvalue weighted by Gasteiger charge is 2.18. The number of hydrogen-bond donors (Lipinski definition) is 1. The fraction of sp³-hybridized carbons (Fsp3) is 0.211. The Hall–Kier alpha value is -2.47. The summed E-state index contributed by atoms with van der Waals surface area (Å²) in [5.74, 6) is -0.105. The van der Waals surface area contributed by atoms with Crippen LogP contribution in [-0.2, 0) is 4.74 Å². The molecule has 0 aliphatic rings. The number of halogens is 1. The zero-order chi connectivity index (χ0) is 18.0. The Morgan fingerprint density at radius 3 is 2.28 bits per heavy atom. The first kappa shape index (κ1) is 17.4. The number of aryl methyl sites for hydroxylation is 2. The maximum absolute atomic E-state index is 12.3. The van der Waals surface area contributed by atoms with Crippen molar-refractivity contribution in [2.75, 3.05) is 11.9 Å². The van der Waals surface area contributed by atoms with Crippen LogP contribution in [0.1, 0.15) is 28.5 Å². The zero-order valence-corrected chi connectivity index (χ0v) is 15.8. The molecule has 0 fully saturated rings. The molecule has 0 bridgehead atoms. The van der Waals surface area contributed by atoms with E-state index in [1.54, 1.807) is 6.92 Å². The second-order valence-electron chi connectivity index (χ2n) is 5.70. The minimum atomic E-state index is -0.491. The van der Waals surface area contributed by atoms with Gasteiger partial charge >= 0.3 is 5.97 Å². The van der Waals surface area contributed by atoms with Gasteiger partial charge in [-0.3, -0.25) is 0 Å². The molecule has 0 unspecified atom stereocenters. The average molecular weight is 400 g/mol. The third kappa shape index (κ3) is 3.79. The number of benzene rings is 2. The lowest BCUT2D eigenvalue weighted by atomic mass is 10.1. The summed E-state index contributed by atoms with van der Waals surface area (Å²) < 4.78 is 6.11. The second kappa shape index (κ2) is 7.19. The highest BCUT2D eigenvalue weighted by Crippen LogP contribution is 2.24. The van der Waals surface area contributed by atoms with Gasteiger partial charge in [0, 0.05) is 10.2 Å². The number of nitrogens with one attached hydrogen (secondary N) is 1. The van der Waals surface area contributed by atoms with Gasteiger partial charge in [-0.05, 0) is 68.3 Å². The number of esters is 1. The van der Waals surface area contributed by atoms with Crippen molar-refractivity contribution in [2.45, 2.75) is 20.8 Å². The van der Waals surface area contributed by atoms with E-state index in [9.17, 15) is 4.79 Å². The summed E-state index contributed by atoms with van der Waals surface area (Å²) >= 11 is 3.41. The number of anilines is 2. The Kier molecular flexibility index (Phi) is 4.99. The van der Waals surface area contributed by atoms with Crippen LogP contribution < -0.4 is 5.32 Å². The summed E-state index contributed by atoms with van der Waals surface area (Å²) in [4.78, 5) is 21.4. The molecule has 0 saturated carbocycles. The third-order valence-electron chi connectivity index (χ3n) is 3.86.